The molecule has 1 fully saturated rings. The Kier molecular flexibility index (Phi) is 3.86. The zero-order valence-electron chi connectivity index (χ0n) is 8.96. The standard InChI is InChI=1S/C10H18O5/c1-4-6(12)8-9(7(13)5-11)15-10(2,3)14-8/h4,6-9,11-13H,1,5H2,2-3H3/t6-,7-,8?,9+/m1/s1. The third kappa shape index (κ3) is 2.76. The van der Waals surface area contributed by atoms with Gasteiger partial charge in [0.25, 0.3) is 0 Å². The van der Waals surface area contributed by atoms with Crippen molar-refractivity contribution in [3.63, 3.8) is 0 Å². The van der Waals surface area contributed by atoms with Crippen LogP contribution in [0.25, 0.3) is 0 Å². The molecule has 1 aliphatic rings. The molecule has 0 bridgehead atoms. The van der Waals surface area contributed by atoms with Crippen LogP contribution in [0.15, 0.2) is 12.7 Å². The Morgan fingerprint density at radius 2 is 1.87 bits per heavy atom. The summed E-state index contributed by atoms with van der Waals surface area (Å²) in [6.45, 7) is 6.36. The highest BCUT2D eigenvalue weighted by atomic mass is 16.8. The molecule has 0 radical (unpaired) electrons. The van der Waals surface area contributed by atoms with E-state index in [2.05, 4.69) is 6.58 Å². The van der Waals surface area contributed by atoms with Crippen molar-refractivity contribution in [2.75, 3.05) is 6.61 Å². The average Bonchev–Trinajstić information content (AvgIpc) is 2.52. The van der Waals surface area contributed by atoms with Crippen molar-refractivity contribution in [3.05, 3.63) is 12.7 Å². The van der Waals surface area contributed by atoms with Crippen LogP contribution in [0.1, 0.15) is 13.8 Å². The minimum absolute atomic E-state index is 0.440. The molecule has 5 nitrogen and oxygen atoms in total. The Balaban J connectivity index is 2.78. The van der Waals surface area contributed by atoms with Crippen molar-refractivity contribution in [2.45, 2.75) is 44.1 Å². The van der Waals surface area contributed by atoms with Gasteiger partial charge in [0.1, 0.15) is 24.4 Å². The van der Waals surface area contributed by atoms with Crippen molar-refractivity contribution >= 4 is 0 Å². The normalized spacial score (nSPS) is 33.7. The van der Waals surface area contributed by atoms with E-state index in [0.29, 0.717) is 0 Å². The zero-order valence-corrected chi connectivity index (χ0v) is 8.96. The Morgan fingerprint density at radius 3 is 2.33 bits per heavy atom. The molecule has 1 heterocycles. The Bertz CT molecular complexity index is 228. The maximum absolute atomic E-state index is 9.59. The summed E-state index contributed by atoms with van der Waals surface area (Å²) >= 11 is 0. The lowest BCUT2D eigenvalue weighted by molar-refractivity contribution is -0.160. The predicted octanol–water partition coefficient (Wildman–Crippen LogP) is -0.593. The van der Waals surface area contributed by atoms with E-state index in [-0.39, 0.29) is 0 Å². The van der Waals surface area contributed by atoms with Gasteiger partial charge in [0, 0.05) is 0 Å². The van der Waals surface area contributed by atoms with Gasteiger partial charge in [0.15, 0.2) is 5.79 Å². The highest BCUT2D eigenvalue weighted by molar-refractivity contribution is 4.96. The van der Waals surface area contributed by atoms with Gasteiger partial charge in [0.2, 0.25) is 0 Å². The average molecular weight is 218 g/mol. The van der Waals surface area contributed by atoms with Gasteiger partial charge in [-0.2, -0.15) is 0 Å². The molecule has 0 aromatic heterocycles. The van der Waals surface area contributed by atoms with Crippen molar-refractivity contribution < 1.29 is 24.8 Å². The lowest BCUT2D eigenvalue weighted by Crippen LogP contribution is -2.43. The van der Waals surface area contributed by atoms with E-state index in [4.69, 9.17) is 14.6 Å². The third-order valence-electron chi connectivity index (χ3n) is 2.31. The molecule has 3 N–H and O–H groups in total. The third-order valence-corrected chi connectivity index (χ3v) is 2.31. The number of hydrogen-bond donors (Lipinski definition) is 3. The van der Waals surface area contributed by atoms with Gasteiger partial charge in [-0.25, -0.2) is 0 Å². The highest BCUT2D eigenvalue weighted by Crippen LogP contribution is 2.31. The lowest BCUT2D eigenvalue weighted by Gasteiger charge is -2.22. The molecule has 0 aromatic carbocycles. The molecule has 0 aromatic rings. The molecule has 0 aliphatic carbocycles. The first-order valence-electron chi connectivity index (χ1n) is 4.86. The van der Waals surface area contributed by atoms with E-state index in [1.165, 1.54) is 6.08 Å². The summed E-state index contributed by atoms with van der Waals surface area (Å²) in [7, 11) is 0. The van der Waals surface area contributed by atoms with Gasteiger partial charge in [0.05, 0.1) is 6.61 Å². The molecule has 0 saturated carbocycles. The zero-order chi connectivity index (χ0) is 11.6. The number of rotatable bonds is 4. The molecule has 1 aliphatic heterocycles. The highest BCUT2D eigenvalue weighted by Gasteiger charge is 2.46. The summed E-state index contributed by atoms with van der Waals surface area (Å²) in [4.78, 5) is 0. The van der Waals surface area contributed by atoms with Crippen LogP contribution in [0.3, 0.4) is 0 Å². The minimum atomic E-state index is -1.08. The topological polar surface area (TPSA) is 79.2 Å². The van der Waals surface area contributed by atoms with Crippen LogP contribution in [0.2, 0.25) is 0 Å². The number of hydrogen-bond acceptors (Lipinski definition) is 5. The summed E-state index contributed by atoms with van der Waals surface area (Å²) in [6.07, 6.45) is -2.16. The fourth-order valence-electron chi connectivity index (χ4n) is 1.62. The van der Waals surface area contributed by atoms with Gasteiger partial charge >= 0.3 is 0 Å². The second kappa shape index (κ2) is 4.59. The van der Waals surface area contributed by atoms with Crippen molar-refractivity contribution in [1.82, 2.24) is 0 Å². The van der Waals surface area contributed by atoms with Gasteiger partial charge in [-0.1, -0.05) is 6.08 Å². The monoisotopic (exact) mass is 218 g/mol. The van der Waals surface area contributed by atoms with Crippen molar-refractivity contribution in [3.8, 4) is 0 Å². The fraction of sp³-hybridized carbons (Fsp3) is 0.800. The van der Waals surface area contributed by atoms with Crippen LogP contribution < -0.4 is 0 Å². The lowest BCUT2D eigenvalue weighted by atomic mass is 10.0. The van der Waals surface area contributed by atoms with E-state index >= 15 is 0 Å². The first kappa shape index (κ1) is 12.6. The molecule has 4 atom stereocenters. The summed E-state index contributed by atoms with van der Waals surface area (Å²) < 4.78 is 10.8. The number of aliphatic hydroxyl groups excluding tert-OH is 3. The van der Waals surface area contributed by atoms with E-state index in [9.17, 15) is 10.2 Å². The van der Waals surface area contributed by atoms with Crippen molar-refractivity contribution in [2.24, 2.45) is 0 Å². The summed E-state index contributed by atoms with van der Waals surface area (Å²) in [5, 5.41) is 27.9. The van der Waals surface area contributed by atoms with E-state index in [0.717, 1.165) is 0 Å². The van der Waals surface area contributed by atoms with Crippen LogP contribution in [-0.2, 0) is 9.47 Å². The first-order valence-corrected chi connectivity index (χ1v) is 4.86. The van der Waals surface area contributed by atoms with Gasteiger partial charge < -0.3 is 24.8 Å². The smallest absolute Gasteiger partial charge is 0.164 e. The van der Waals surface area contributed by atoms with Gasteiger partial charge in [-0.05, 0) is 13.8 Å². The molecule has 15 heavy (non-hydrogen) atoms. The van der Waals surface area contributed by atoms with E-state index < -0.39 is 36.8 Å². The Morgan fingerprint density at radius 1 is 1.33 bits per heavy atom. The molecular weight excluding hydrogens is 200 g/mol. The quantitative estimate of drug-likeness (QED) is 0.549. The molecule has 1 rings (SSSR count). The van der Waals surface area contributed by atoms with Crippen molar-refractivity contribution in [1.29, 1.82) is 0 Å². The molecule has 0 spiro atoms. The SMILES string of the molecule is C=C[C@@H](O)C1OC(C)(C)O[C@H]1[C@H](O)CO. The van der Waals surface area contributed by atoms with Crippen LogP contribution in [-0.4, -0.2) is 52.1 Å². The number of aliphatic hydroxyl groups is 3. The second-order valence-corrected chi connectivity index (χ2v) is 4.04. The van der Waals surface area contributed by atoms with Crippen LogP contribution >= 0.6 is 0 Å². The van der Waals surface area contributed by atoms with Crippen LogP contribution in [0.5, 0.6) is 0 Å². The molecular formula is C10H18O5. The Labute approximate surface area is 88.9 Å². The number of ether oxygens (including phenoxy) is 2. The molecule has 5 heteroatoms. The fourth-order valence-corrected chi connectivity index (χ4v) is 1.62. The van der Waals surface area contributed by atoms with Crippen LogP contribution in [0, 0.1) is 0 Å². The second-order valence-electron chi connectivity index (χ2n) is 4.04. The van der Waals surface area contributed by atoms with Gasteiger partial charge in [-0.15, -0.1) is 6.58 Å². The first-order chi connectivity index (χ1) is 6.91. The Hall–Kier alpha value is -0.460. The predicted molar refractivity (Wildman–Crippen MR) is 53.1 cm³/mol. The summed E-state index contributed by atoms with van der Waals surface area (Å²) in [5.41, 5.74) is 0. The minimum Gasteiger partial charge on any atom is -0.394 e. The summed E-state index contributed by atoms with van der Waals surface area (Å²) in [6, 6.07) is 0. The molecule has 1 unspecified atom stereocenters. The van der Waals surface area contributed by atoms with E-state index in [1.807, 2.05) is 0 Å². The molecule has 88 valence electrons. The summed E-state index contributed by atoms with van der Waals surface area (Å²) in [5.74, 6) is -0.879. The van der Waals surface area contributed by atoms with Gasteiger partial charge in [-0.3, -0.25) is 0 Å². The maximum Gasteiger partial charge on any atom is 0.164 e. The molecule has 1 saturated heterocycles. The molecule has 0 amide bonds. The largest absolute Gasteiger partial charge is 0.394 e. The van der Waals surface area contributed by atoms with E-state index in [1.54, 1.807) is 13.8 Å². The maximum atomic E-state index is 9.59. The van der Waals surface area contributed by atoms with Crippen LogP contribution in [0.4, 0.5) is 0 Å².